The van der Waals surface area contributed by atoms with Crippen molar-refractivity contribution in [1.29, 1.82) is 0 Å². The number of hydrogen-bond acceptors (Lipinski definition) is 3. The standard InChI is InChI=1S/C17H23ClN2O4/c1-4-10(2)16(17(23)24)20-15(22)9-14(19-11(3)21)12-5-7-13(18)8-6-12/h5-8,10,14,16H,4,9H2,1-3H3,(H,19,21)(H,20,22)(H,23,24). The molecule has 0 aliphatic carbocycles. The third-order valence-corrected chi connectivity index (χ3v) is 4.09. The molecule has 3 atom stereocenters. The van der Waals surface area contributed by atoms with Gasteiger partial charge in [-0.2, -0.15) is 0 Å². The minimum absolute atomic E-state index is 0.0541. The third kappa shape index (κ3) is 6.20. The lowest BCUT2D eigenvalue weighted by Crippen LogP contribution is -2.46. The molecular weight excluding hydrogens is 332 g/mol. The van der Waals surface area contributed by atoms with Crippen molar-refractivity contribution in [2.24, 2.45) is 5.92 Å². The first kappa shape index (κ1) is 20.0. The molecule has 24 heavy (non-hydrogen) atoms. The SMILES string of the molecule is CCC(C)C(NC(=O)CC(NC(C)=O)c1ccc(Cl)cc1)C(=O)O. The minimum atomic E-state index is -1.07. The van der Waals surface area contributed by atoms with Crippen molar-refractivity contribution in [2.75, 3.05) is 0 Å². The number of rotatable bonds is 8. The van der Waals surface area contributed by atoms with Crippen LogP contribution < -0.4 is 10.6 Å². The molecule has 0 heterocycles. The molecular formula is C17H23ClN2O4. The zero-order valence-electron chi connectivity index (χ0n) is 14.0. The topological polar surface area (TPSA) is 95.5 Å². The Morgan fingerprint density at radius 2 is 1.75 bits per heavy atom. The highest BCUT2D eigenvalue weighted by Gasteiger charge is 2.26. The molecule has 132 valence electrons. The van der Waals surface area contributed by atoms with Crippen LogP contribution in [0.25, 0.3) is 0 Å². The van der Waals surface area contributed by atoms with Gasteiger partial charge in [0.25, 0.3) is 0 Å². The average Bonchev–Trinajstić information content (AvgIpc) is 2.51. The van der Waals surface area contributed by atoms with Crippen molar-refractivity contribution < 1.29 is 19.5 Å². The Balaban J connectivity index is 2.85. The minimum Gasteiger partial charge on any atom is -0.480 e. The summed E-state index contributed by atoms with van der Waals surface area (Å²) in [4.78, 5) is 35.0. The van der Waals surface area contributed by atoms with Crippen molar-refractivity contribution in [2.45, 2.75) is 45.7 Å². The van der Waals surface area contributed by atoms with E-state index in [0.717, 1.165) is 5.56 Å². The zero-order valence-corrected chi connectivity index (χ0v) is 14.8. The molecule has 0 saturated carbocycles. The fourth-order valence-corrected chi connectivity index (χ4v) is 2.42. The molecule has 3 N–H and O–H groups in total. The first-order valence-electron chi connectivity index (χ1n) is 7.79. The molecule has 0 bridgehead atoms. The Hall–Kier alpha value is -2.08. The van der Waals surface area contributed by atoms with Gasteiger partial charge in [-0.25, -0.2) is 4.79 Å². The summed E-state index contributed by atoms with van der Waals surface area (Å²) >= 11 is 5.85. The van der Waals surface area contributed by atoms with E-state index in [4.69, 9.17) is 11.6 Å². The van der Waals surface area contributed by atoms with Crippen molar-refractivity contribution in [3.63, 3.8) is 0 Å². The summed E-state index contributed by atoms with van der Waals surface area (Å²) in [6.07, 6.45) is 0.574. The van der Waals surface area contributed by atoms with Crippen molar-refractivity contribution in [3.05, 3.63) is 34.9 Å². The molecule has 1 rings (SSSR count). The highest BCUT2D eigenvalue weighted by atomic mass is 35.5. The maximum Gasteiger partial charge on any atom is 0.326 e. The van der Waals surface area contributed by atoms with Crippen LogP contribution in [-0.2, 0) is 14.4 Å². The fraction of sp³-hybridized carbons (Fsp3) is 0.471. The van der Waals surface area contributed by atoms with Gasteiger partial charge in [0.2, 0.25) is 11.8 Å². The van der Waals surface area contributed by atoms with Gasteiger partial charge in [0.1, 0.15) is 6.04 Å². The highest BCUT2D eigenvalue weighted by molar-refractivity contribution is 6.30. The van der Waals surface area contributed by atoms with Crippen LogP contribution in [0.5, 0.6) is 0 Å². The molecule has 7 heteroatoms. The average molecular weight is 355 g/mol. The summed E-state index contributed by atoms with van der Waals surface area (Å²) in [6, 6.07) is 5.28. The van der Waals surface area contributed by atoms with E-state index >= 15 is 0 Å². The van der Waals surface area contributed by atoms with E-state index < -0.39 is 24.0 Å². The van der Waals surface area contributed by atoms with Crippen molar-refractivity contribution in [3.8, 4) is 0 Å². The Morgan fingerprint density at radius 3 is 2.21 bits per heavy atom. The normalized spacial score (nSPS) is 14.3. The number of carbonyl (C=O) groups excluding carboxylic acids is 2. The molecule has 0 saturated heterocycles. The quantitative estimate of drug-likeness (QED) is 0.668. The summed E-state index contributed by atoms with van der Waals surface area (Å²) in [5, 5.41) is 15.0. The van der Waals surface area contributed by atoms with Crippen LogP contribution >= 0.6 is 11.6 Å². The molecule has 1 aromatic rings. The third-order valence-electron chi connectivity index (χ3n) is 3.83. The number of amides is 2. The van der Waals surface area contributed by atoms with Crippen LogP contribution in [0.15, 0.2) is 24.3 Å². The van der Waals surface area contributed by atoms with E-state index in [0.29, 0.717) is 11.4 Å². The van der Waals surface area contributed by atoms with Crippen LogP contribution in [0.3, 0.4) is 0 Å². The van der Waals surface area contributed by atoms with E-state index in [1.165, 1.54) is 6.92 Å². The van der Waals surface area contributed by atoms with Crippen molar-refractivity contribution in [1.82, 2.24) is 10.6 Å². The number of carboxylic acid groups (broad SMARTS) is 1. The fourth-order valence-electron chi connectivity index (χ4n) is 2.29. The Morgan fingerprint density at radius 1 is 1.17 bits per heavy atom. The molecule has 0 aromatic heterocycles. The second kappa shape index (κ2) is 9.27. The molecule has 0 aliphatic rings. The van der Waals surface area contributed by atoms with E-state index in [2.05, 4.69) is 10.6 Å². The van der Waals surface area contributed by atoms with Crippen molar-refractivity contribution >= 4 is 29.4 Å². The van der Waals surface area contributed by atoms with Gasteiger partial charge in [-0.15, -0.1) is 0 Å². The van der Waals surface area contributed by atoms with E-state index in [1.54, 1.807) is 31.2 Å². The zero-order chi connectivity index (χ0) is 18.3. The lowest BCUT2D eigenvalue weighted by Gasteiger charge is -2.23. The maximum atomic E-state index is 12.3. The van der Waals surface area contributed by atoms with Crippen LogP contribution in [-0.4, -0.2) is 28.9 Å². The van der Waals surface area contributed by atoms with Crippen LogP contribution in [0.4, 0.5) is 0 Å². The first-order valence-corrected chi connectivity index (χ1v) is 8.17. The number of benzene rings is 1. The smallest absolute Gasteiger partial charge is 0.326 e. The van der Waals surface area contributed by atoms with Gasteiger partial charge < -0.3 is 15.7 Å². The second-order valence-corrected chi connectivity index (χ2v) is 6.21. The molecule has 1 aromatic carbocycles. The summed E-state index contributed by atoms with van der Waals surface area (Å²) in [5.41, 5.74) is 0.722. The van der Waals surface area contributed by atoms with E-state index in [-0.39, 0.29) is 18.2 Å². The highest BCUT2D eigenvalue weighted by Crippen LogP contribution is 2.20. The number of nitrogens with one attached hydrogen (secondary N) is 2. The number of hydrogen-bond donors (Lipinski definition) is 3. The molecule has 0 aliphatic heterocycles. The maximum absolute atomic E-state index is 12.3. The second-order valence-electron chi connectivity index (χ2n) is 5.78. The van der Waals surface area contributed by atoms with Crippen LogP contribution in [0.1, 0.15) is 45.2 Å². The largest absolute Gasteiger partial charge is 0.480 e. The van der Waals surface area contributed by atoms with Gasteiger partial charge in [0.05, 0.1) is 12.5 Å². The molecule has 0 fully saturated rings. The van der Waals surface area contributed by atoms with E-state index in [9.17, 15) is 19.5 Å². The summed E-state index contributed by atoms with van der Waals surface area (Å²) in [7, 11) is 0. The summed E-state index contributed by atoms with van der Waals surface area (Å²) in [5.74, 6) is -1.97. The lowest BCUT2D eigenvalue weighted by molar-refractivity contribution is -0.143. The monoisotopic (exact) mass is 354 g/mol. The lowest BCUT2D eigenvalue weighted by atomic mass is 9.98. The van der Waals surface area contributed by atoms with Crippen LogP contribution in [0.2, 0.25) is 5.02 Å². The Labute approximate surface area is 146 Å². The Kier molecular flexibility index (Phi) is 7.71. The number of carboxylic acids is 1. The molecule has 2 amide bonds. The summed E-state index contributed by atoms with van der Waals surface area (Å²) < 4.78 is 0. The molecule has 0 spiro atoms. The van der Waals surface area contributed by atoms with Gasteiger partial charge >= 0.3 is 5.97 Å². The van der Waals surface area contributed by atoms with Gasteiger partial charge in [-0.3, -0.25) is 9.59 Å². The molecule has 3 unspecified atom stereocenters. The number of halogens is 1. The summed E-state index contributed by atoms with van der Waals surface area (Å²) in [6.45, 7) is 4.99. The van der Waals surface area contributed by atoms with Gasteiger partial charge in [-0.1, -0.05) is 44.0 Å². The Bertz CT molecular complexity index is 589. The van der Waals surface area contributed by atoms with Crippen LogP contribution in [0, 0.1) is 5.92 Å². The predicted molar refractivity (Wildman–Crippen MR) is 91.6 cm³/mol. The first-order chi connectivity index (χ1) is 11.2. The molecule has 0 radical (unpaired) electrons. The number of aliphatic carboxylic acids is 1. The van der Waals surface area contributed by atoms with Gasteiger partial charge in [0, 0.05) is 11.9 Å². The van der Waals surface area contributed by atoms with Gasteiger partial charge in [-0.05, 0) is 23.6 Å². The van der Waals surface area contributed by atoms with E-state index in [1.807, 2.05) is 6.92 Å². The predicted octanol–water partition coefficient (Wildman–Crippen LogP) is 2.52. The molecule has 6 nitrogen and oxygen atoms in total. The number of carbonyl (C=O) groups is 3. The van der Waals surface area contributed by atoms with Gasteiger partial charge in [0.15, 0.2) is 0 Å².